The van der Waals surface area contributed by atoms with Crippen LogP contribution in [0.25, 0.3) is 111 Å². The third kappa shape index (κ3) is 5.61. The predicted octanol–water partition coefficient (Wildman–Crippen LogP) is 14.5. The van der Waals surface area contributed by atoms with Gasteiger partial charge in [0.1, 0.15) is 0 Å². The Morgan fingerprint density at radius 3 is 1.25 bits per heavy atom. The van der Waals surface area contributed by atoms with Gasteiger partial charge in [0.2, 0.25) is 0 Å². The molecule has 0 saturated heterocycles. The van der Waals surface area contributed by atoms with Gasteiger partial charge in [-0.15, -0.1) is 0 Å². The van der Waals surface area contributed by atoms with Crippen molar-refractivity contribution in [1.82, 2.24) is 19.1 Å². The highest BCUT2D eigenvalue weighted by atomic mass is 15.0. The van der Waals surface area contributed by atoms with Crippen molar-refractivity contribution in [3.05, 3.63) is 218 Å². The SMILES string of the molecule is c1ccc(-c2nc(-c3ccc(-c4cc(-n5c6ccccc6c6ccccc65)cc(-n5c6ccccc6c6ccccc65)c4)cc3)cc(-c3ccc4ccccc4c3)n2)cc1. The molecule has 0 N–H and O–H groups in total. The fourth-order valence-electron chi connectivity index (χ4n) is 9.06. The molecular weight excluding hydrogens is 729 g/mol. The van der Waals surface area contributed by atoms with Gasteiger partial charge in [-0.2, -0.15) is 0 Å². The topological polar surface area (TPSA) is 35.6 Å². The molecule has 9 aromatic carbocycles. The van der Waals surface area contributed by atoms with Gasteiger partial charge in [0.15, 0.2) is 5.82 Å². The lowest BCUT2D eigenvalue weighted by Gasteiger charge is -2.16. The Morgan fingerprint density at radius 2 is 0.700 bits per heavy atom. The number of hydrogen-bond donors (Lipinski definition) is 0. The Kier molecular flexibility index (Phi) is 7.82. The van der Waals surface area contributed by atoms with E-state index in [1.54, 1.807) is 0 Å². The van der Waals surface area contributed by atoms with E-state index in [1.165, 1.54) is 54.4 Å². The number of nitrogens with zero attached hydrogens (tertiary/aromatic N) is 4. The van der Waals surface area contributed by atoms with Gasteiger partial charge in [-0.1, -0.05) is 164 Å². The molecule has 4 nitrogen and oxygen atoms in total. The zero-order valence-electron chi connectivity index (χ0n) is 32.6. The van der Waals surface area contributed by atoms with Crippen LogP contribution in [0.3, 0.4) is 0 Å². The van der Waals surface area contributed by atoms with E-state index >= 15 is 0 Å². The van der Waals surface area contributed by atoms with E-state index in [1.807, 2.05) is 18.2 Å². The van der Waals surface area contributed by atoms with E-state index in [4.69, 9.17) is 9.97 Å². The van der Waals surface area contributed by atoms with E-state index in [0.717, 1.165) is 50.6 Å². The summed E-state index contributed by atoms with van der Waals surface area (Å²) in [4.78, 5) is 10.3. The van der Waals surface area contributed by atoms with Crippen LogP contribution in [-0.2, 0) is 0 Å². The molecule has 3 heterocycles. The standard InChI is InChI=1S/C56H36N4/c1-2-15-40(16-3-1)56-57-50(36-51(58-56)42-31-28-37-14-4-5-17-41(37)32-42)39-29-26-38(27-30-39)43-33-44(59-52-22-10-6-18-46(52)47-19-7-11-23-53(47)59)35-45(34-43)60-54-24-12-8-20-48(54)49-21-9-13-25-55(49)60/h1-36H. The van der Waals surface area contributed by atoms with Gasteiger partial charge in [-0.3, -0.25) is 0 Å². The Labute approximate surface area is 346 Å². The third-order valence-electron chi connectivity index (χ3n) is 11.9. The van der Waals surface area contributed by atoms with Crippen LogP contribution in [0.2, 0.25) is 0 Å². The van der Waals surface area contributed by atoms with Crippen LogP contribution < -0.4 is 0 Å². The normalized spacial score (nSPS) is 11.7. The first kappa shape index (κ1) is 34.0. The summed E-state index contributed by atoms with van der Waals surface area (Å²) in [6.07, 6.45) is 0. The first-order valence-electron chi connectivity index (χ1n) is 20.4. The molecule has 60 heavy (non-hydrogen) atoms. The smallest absolute Gasteiger partial charge is 0.160 e. The quantitative estimate of drug-likeness (QED) is 0.169. The van der Waals surface area contributed by atoms with Crippen molar-refractivity contribution in [3.63, 3.8) is 0 Å². The second-order valence-electron chi connectivity index (χ2n) is 15.4. The maximum atomic E-state index is 5.16. The molecule has 0 aliphatic heterocycles. The van der Waals surface area contributed by atoms with Crippen LogP contribution >= 0.6 is 0 Å². The van der Waals surface area contributed by atoms with E-state index in [0.29, 0.717) is 5.82 Å². The summed E-state index contributed by atoms with van der Waals surface area (Å²) in [5, 5.41) is 7.35. The second kappa shape index (κ2) is 13.8. The summed E-state index contributed by atoms with van der Waals surface area (Å²) in [5.41, 5.74) is 14.0. The zero-order chi connectivity index (χ0) is 39.6. The van der Waals surface area contributed by atoms with Crippen molar-refractivity contribution in [3.8, 4) is 56.4 Å². The van der Waals surface area contributed by atoms with Crippen LogP contribution in [0.15, 0.2) is 218 Å². The monoisotopic (exact) mass is 764 g/mol. The predicted molar refractivity (Wildman–Crippen MR) is 250 cm³/mol. The van der Waals surface area contributed by atoms with Crippen LogP contribution in [-0.4, -0.2) is 19.1 Å². The lowest BCUT2D eigenvalue weighted by Crippen LogP contribution is -2.00. The Bertz CT molecular complexity index is 3360. The molecule has 3 aromatic heterocycles. The summed E-state index contributed by atoms with van der Waals surface area (Å²) in [6, 6.07) is 78.2. The second-order valence-corrected chi connectivity index (χ2v) is 15.4. The number of fused-ring (bicyclic) bond motifs is 7. The molecule has 280 valence electrons. The molecule has 0 aliphatic rings. The fraction of sp³-hybridized carbons (Fsp3) is 0. The van der Waals surface area contributed by atoms with Gasteiger partial charge < -0.3 is 9.13 Å². The molecule has 0 unspecified atom stereocenters. The molecule has 0 radical (unpaired) electrons. The first-order valence-corrected chi connectivity index (χ1v) is 20.4. The number of hydrogen-bond acceptors (Lipinski definition) is 2. The molecule has 12 aromatic rings. The van der Waals surface area contributed by atoms with E-state index < -0.39 is 0 Å². The van der Waals surface area contributed by atoms with Crippen LogP contribution in [0.4, 0.5) is 0 Å². The minimum atomic E-state index is 0.704. The highest BCUT2D eigenvalue weighted by Gasteiger charge is 2.18. The van der Waals surface area contributed by atoms with Crippen LogP contribution in [0, 0.1) is 0 Å². The highest BCUT2D eigenvalue weighted by Crippen LogP contribution is 2.38. The summed E-state index contributed by atoms with van der Waals surface area (Å²) >= 11 is 0. The molecule has 0 aliphatic carbocycles. The highest BCUT2D eigenvalue weighted by molar-refractivity contribution is 6.10. The summed E-state index contributed by atoms with van der Waals surface area (Å²) in [5.74, 6) is 0.704. The van der Waals surface area contributed by atoms with Gasteiger partial charge >= 0.3 is 0 Å². The molecule has 0 saturated carbocycles. The van der Waals surface area contributed by atoms with Crippen molar-refractivity contribution in [2.45, 2.75) is 0 Å². The molecule has 0 spiro atoms. The van der Waals surface area contributed by atoms with Gasteiger partial charge in [-0.25, -0.2) is 9.97 Å². The van der Waals surface area contributed by atoms with E-state index in [-0.39, 0.29) is 0 Å². The average Bonchev–Trinajstić information content (AvgIpc) is 3.85. The summed E-state index contributed by atoms with van der Waals surface area (Å²) in [6.45, 7) is 0. The number of aromatic nitrogens is 4. The largest absolute Gasteiger partial charge is 0.309 e. The maximum Gasteiger partial charge on any atom is 0.160 e. The van der Waals surface area contributed by atoms with Crippen molar-refractivity contribution >= 4 is 54.4 Å². The molecule has 0 bridgehead atoms. The van der Waals surface area contributed by atoms with Crippen LogP contribution in [0.5, 0.6) is 0 Å². The number of para-hydroxylation sites is 4. The van der Waals surface area contributed by atoms with Crippen LogP contribution in [0.1, 0.15) is 0 Å². The minimum Gasteiger partial charge on any atom is -0.309 e. The molecular formula is C56H36N4. The van der Waals surface area contributed by atoms with Crippen molar-refractivity contribution in [1.29, 1.82) is 0 Å². The number of benzene rings is 9. The molecule has 0 fully saturated rings. The number of rotatable bonds is 6. The molecule has 4 heteroatoms. The van der Waals surface area contributed by atoms with Gasteiger partial charge in [0.25, 0.3) is 0 Å². The summed E-state index contributed by atoms with van der Waals surface area (Å²) in [7, 11) is 0. The average molecular weight is 765 g/mol. The van der Waals surface area contributed by atoms with Gasteiger partial charge in [-0.05, 0) is 76.5 Å². The lowest BCUT2D eigenvalue weighted by molar-refractivity contribution is 1.13. The Morgan fingerprint density at radius 1 is 0.267 bits per heavy atom. The minimum absolute atomic E-state index is 0.704. The molecule has 0 atom stereocenters. The van der Waals surface area contributed by atoms with Gasteiger partial charge in [0, 0.05) is 49.6 Å². The first-order chi connectivity index (χ1) is 29.7. The van der Waals surface area contributed by atoms with Gasteiger partial charge in [0.05, 0.1) is 33.5 Å². The summed E-state index contributed by atoms with van der Waals surface area (Å²) < 4.78 is 4.83. The van der Waals surface area contributed by atoms with Crippen molar-refractivity contribution < 1.29 is 0 Å². The maximum absolute atomic E-state index is 5.16. The third-order valence-corrected chi connectivity index (χ3v) is 11.9. The van der Waals surface area contributed by atoms with E-state index in [2.05, 4.69) is 209 Å². The molecule has 12 rings (SSSR count). The Balaban J connectivity index is 1.04. The lowest BCUT2D eigenvalue weighted by atomic mass is 10.00. The fourth-order valence-corrected chi connectivity index (χ4v) is 9.06. The van der Waals surface area contributed by atoms with Crippen molar-refractivity contribution in [2.75, 3.05) is 0 Å². The van der Waals surface area contributed by atoms with Crippen molar-refractivity contribution in [2.24, 2.45) is 0 Å². The zero-order valence-corrected chi connectivity index (χ0v) is 32.6. The molecule has 0 amide bonds. The Hall–Kier alpha value is -8.08. The van der Waals surface area contributed by atoms with E-state index in [9.17, 15) is 0 Å².